The largest absolute Gasteiger partial charge is 0.461 e. The van der Waals surface area contributed by atoms with E-state index in [4.69, 9.17) is 33.8 Å². The summed E-state index contributed by atoms with van der Waals surface area (Å²) in [5.41, 5.74) is -0.983. The number of aliphatic hydroxyl groups excluding tert-OH is 1. The zero-order chi connectivity index (χ0) is 29.2. The van der Waals surface area contributed by atoms with Gasteiger partial charge in [-0.15, -0.1) is 0 Å². The molecule has 3 heterocycles. The fourth-order valence-electron chi connectivity index (χ4n) is 7.29. The van der Waals surface area contributed by atoms with E-state index in [2.05, 4.69) is 0 Å². The maximum absolute atomic E-state index is 13.7. The Hall–Kier alpha value is -2.44. The normalized spacial score (nSPS) is 40.1. The number of carbonyl (C=O) groups is 3. The highest BCUT2D eigenvalue weighted by atomic mass is 16.7. The van der Waals surface area contributed by atoms with Gasteiger partial charge in [0.1, 0.15) is 23.7 Å². The van der Waals surface area contributed by atoms with Crippen molar-refractivity contribution in [1.29, 1.82) is 5.41 Å². The van der Waals surface area contributed by atoms with E-state index < -0.39 is 71.3 Å². The molecule has 11 heteroatoms. The van der Waals surface area contributed by atoms with Crippen LogP contribution in [-0.4, -0.2) is 93.8 Å². The van der Waals surface area contributed by atoms with Crippen LogP contribution in [0, 0.1) is 40.9 Å². The Kier molecular flexibility index (Phi) is 9.31. The van der Waals surface area contributed by atoms with Crippen molar-refractivity contribution >= 4 is 23.9 Å². The summed E-state index contributed by atoms with van der Waals surface area (Å²) in [5, 5.41) is 20.0. The molecule has 2 saturated heterocycles. The van der Waals surface area contributed by atoms with Gasteiger partial charge in [-0.1, -0.05) is 25.2 Å². The van der Waals surface area contributed by atoms with E-state index in [1.54, 1.807) is 7.11 Å². The van der Waals surface area contributed by atoms with Crippen molar-refractivity contribution in [2.75, 3.05) is 41.2 Å². The first-order valence-electron chi connectivity index (χ1n) is 13.8. The fourth-order valence-corrected chi connectivity index (χ4v) is 7.29. The lowest BCUT2D eigenvalue weighted by atomic mass is 9.50. The van der Waals surface area contributed by atoms with Gasteiger partial charge in [-0.2, -0.15) is 0 Å². The van der Waals surface area contributed by atoms with Crippen LogP contribution in [-0.2, 0) is 42.8 Å². The highest BCUT2D eigenvalue weighted by Gasteiger charge is 2.73. The standard InChI is InChI=1S/C29H41NO10/c1-16-12-17(2)29-20(19(14-36-4)26(33)38-23(16)9-11-35-3)7-6-18-13-28(40-29,39-27(34)22(30)8-10-31)21(15-37-5)25(32)24(18)29/h6-7,10,12,16,18-21,23-25,30,32H,8-9,11,13-15H2,1-5H3. The molecule has 1 spiro atoms. The van der Waals surface area contributed by atoms with E-state index in [1.165, 1.54) is 14.2 Å². The summed E-state index contributed by atoms with van der Waals surface area (Å²) in [7, 11) is 4.59. The molecule has 40 heavy (non-hydrogen) atoms. The number of rotatable bonds is 11. The summed E-state index contributed by atoms with van der Waals surface area (Å²) >= 11 is 0. The van der Waals surface area contributed by atoms with Crippen molar-refractivity contribution in [3.63, 3.8) is 0 Å². The summed E-state index contributed by atoms with van der Waals surface area (Å²) in [6.07, 6.45) is 5.18. The van der Waals surface area contributed by atoms with Crippen molar-refractivity contribution in [2.45, 2.75) is 56.7 Å². The van der Waals surface area contributed by atoms with E-state index in [0.717, 1.165) is 5.57 Å². The Morgan fingerprint density at radius 2 is 1.93 bits per heavy atom. The first-order chi connectivity index (χ1) is 19.1. The van der Waals surface area contributed by atoms with Crippen LogP contribution in [0.5, 0.6) is 0 Å². The summed E-state index contributed by atoms with van der Waals surface area (Å²) in [6, 6.07) is 0. The number of aldehydes is 1. The van der Waals surface area contributed by atoms with Crippen molar-refractivity contribution in [3.05, 3.63) is 23.8 Å². The van der Waals surface area contributed by atoms with E-state index in [1.807, 2.05) is 32.1 Å². The average molecular weight is 564 g/mol. The lowest BCUT2D eigenvalue weighted by molar-refractivity contribution is -0.401. The number of hydrogen-bond donors (Lipinski definition) is 2. The van der Waals surface area contributed by atoms with E-state index >= 15 is 0 Å². The van der Waals surface area contributed by atoms with E-state index in [-0.39, 0.29) is 31.5 Å². The summed E-state index contributed by atoms with van der Waals surface area (Å²) in [6.45, 7) is 4.35. The maximum atomic E-state index is 13.7. The van der Waals surface area contributed by atoms with Crippen molar-refractivity contribution in [3.8, 4) is 0 Å². The SMILES string of the molecule is COCCC1OC(=O)C(COC)C2C=CC3CC4(OC(=O)C(=N)CC=O)OC2(C(C)=CC1C)C3C(O)C4COC. The van der Waals surface area contributed by atoms with Gasteiger partial charge in [-0.25, -0.2) is 4.79 Å². The molecule has 0 aromatic heterocycles. The van der Waals surface area contributed by atoms with Gasteiger partial charge >= 0.3 is 11.9 Å². The van der Waals surface area contributed by atoms with Gasteiger partial charge in [0, 0.05) is 58.5 Å². The van der Waals surface area contributed by atoms with Gasteiger partial charge < -0.3 is 38.3 Å². The predicted octanol–water partition coefficient (Wildman–Crippen LogP) is 1.86. The molecule has 0 radical (unpaired) electrons. The van der Waals surface area contributed by atoms with Crippen LogP contribution in [0.4, 0.5) is 0 Å². The quantitative estimate of drug-likeness (QED) is 0.165. The number of cyclic esters (lactones) is 1. The molecule has 222 valence electrons. The Morgan fingerprint density at radius 3 is 2.58 bits per heavy atom. The molecule has 0 aromatic rings. The van der Waals surface area contributed by atoms with E-state index in [0.29, 0.717) is 19.3 Å². The van der Waals surface area contributed by atoms with Gasteiger partial charge in [-0.3, -0.25) is 10.2 Å². The number of carbonyl (C=O) groups excluding carboxylic acids is 3. The molecule has 1 saturated carbocycles. The molecular formula is C29H41NO10. The van der Waals surface area contributed by atoms with Crippen LogP contribution in [0.2, 0.25) is 0 Å². The minimum Gasteiger partial charge on any atom is -0.461 e. The summed E-state index contributed by atoms with van der Waals surface area (Å²) < 4.78 is 35.2. The van der Waals surface area contributed by atoms with Crippen molar-refractivity contribution in [1.82, 2.24) is 0 Å². The predicted molar refractivity (Wildman–Crippen MR) is 141 cm³/mol. The van der Waals surface area contributed by atoms with Gasteiger partial charge in [0.25, 0.3) is 0 Å². The Balaban J connectivity index is 1.89. The highest BCUT2D eigenvalue weighted by Crippen LogP contribution is 2.64. The third-order valence-electron chi connectivity index (χ3n) is 9.04. The second-order valence-corrected chi connectivity index (χ2v) is 11.3. The van der Waals surface area contributed by atoms with Crippen LogP contribution >= 0.6 is 0 Å². The van der Waals surface area contributed by atoms with Crippen LogP contribution in [0.1, 0.15) is 33.1 Å². The number of hydrogen-bond acceptors (Lipinski definition) is 11. The van der Waals surface area contributed by atoms with Crippen LogP contribution in [0.3, 0.4) is 0 Å². The molecule has 10 atom stereocenters. The zero-order valence-electron chi connectivity index (χ0n) is 23.8. The van der Waals surface area contributed by atoms with Gasteiger partial charge in [0.05, 0.1) is 37.6 Å². The number of fused-ring (bicyclic) bond motifs is 1. The van der Waals surface area contributed by atoms with Crippen LogP contribution in [0.25, 0.3) is 0 Å². The average Bonchev–Trinajstić information content (AvgIpc) is 2.93. The fraction of sp³-hybridized carbons (Fsp3) is 0.724. The van der Waals surface area contributed by atoms with E-state index in [9.17, 15) is 19.5 Å². The Morgan fingerprint density at radius 1 is 1.20 bits per heavy atom. The van der Waals surface area contributed by atoms with Gasteiger partial charge in [0.15, 0.2) is 0 Å². The van der Waals surface area contributed by atoms with Crippen LogP contribution in [0.15, 0.2) is 23.8 Å². The first kappa shape index (κ1) is 30.5. The second-order valence-electron chi connectivity index (χ2n) is 11.3. The summed E-state index contributed by atoms with van der Waals surface area (Å²) in [5.74, 6) is -6.23. The molecule has 3 fully saturated rings. The highest BCUT2D eigenvalue weighted by molar-refractivity contribution is 6.37. The van der Waals surface area contributed by atoms with Crippen molar-refractivity contribution in [2.24, 2.45) is 35.5 Å². The molecule has 5 aliphatic rings. The Bertz CT molecular complexity index is 1060. The number of esters is 2. The molecule has 10 unspecified atom stereocenters. The third kappa shape index (κ3) is 5.07. The number of ether oxygens (including phenoxy) is 6. The maximum Gasteiger partial charge on any atom is 0.354 e. The number of nitrogens with one attached hydrogen (secondary N) is 1. The molecule has 0 amide bonds. The van der Waals surface area contributed by atoms with Gasteiger partial charge in [-0.05, 0) is 18.4 Å². The minimum atomic E-state index is -1.67. The van der Waals surface area contributed by atoms with Crippen LogP contribution < -0.4 is 0 Å². The monoisotopic (exact) mass is 563 g/mol. The molecule has 0 aromatic carbocycles. The molecule has 11 nitrogen and oxygen atoms in total. The van der Waals surface area contributed by atoms with Gasteiger partial charge in [0.2, 0.25) is 5.79 Å². The topological polar surface area (TPSA) is 151 Å². The Labute approximate surface area is 234 Å². The number of methoxy groups -OCH3 is 3. The second kappa shape index (κ2) is 12.2. The smallest absolute Gasteiger partial charge is 0.354 e. The van der Waals surface area contributed by atoms with Crippen molar-refractivity contribution < 1.29 is 47.9 Å². The third-order valence-corrected chi connectivity index (χ3v) is 9.04. The zero-order valence-corrected chi connectivity index (χ0v) is 23.8. The lowest BCUT2D eigenvalue weighted by Gasteiger charge is -2.67. The molecule has 2 N–H and O–H groups in total. The first-order valence-corrected chi connectivity index (χ1v) is 13.8. The molecule has 3 aliphatic heterocycles. The molecular weight excluding hydrogens is 522 g/mol. The minimum absolute atomic E-state index is 0.0327. The molecule has 4 bridgehead atoms. The summed E-state index contributed by atoms with van der Waals surface area (Å²) in [4.78, 5) is 37.8. The number of aliphatic hydroxyl groups is 1. The number of allylic oxidation sites excluding steroid dienone is 1. The molecule has 5 rings (SSSR count). The molecule has 2 aliphatic carbocycles. The lowest BCUT2D eigenvalue weighted by Crippen LogP contribution is -2.76.